The van der Waals surface area contributed by atoms with Crippen molar-refractivity contribution in [1.82, 2.24) is 4.90 Å². The zero-order valence-corrected chi connectivity index (χ0v) is 8.66. The Balaban J connectivity index is 2.33. The van der Waals surface area contributed by atoms with Gasteiger partial charge < -0.3 is 10.5 Å². The van der Waals surface area contributed by atoms with Crippen LogP contribution in [0, 0.1) is 0 Å². The van der Waals surface area contributed by atoms with E-state index in [1.165, 1.54) is 5.56 Å². The molecule has 0 saturated carbocycles. The van der Waals surface area contributed by atoms with Crippen molar-refractivity contribution >= 4 is 5.69 Å². The van der Waals surface area contributed by atoms with Gasteiger partial charge in [-0.25, -0.2) is 0 Å². The molecule has 0 radical (unpaired) electrons. The van der Waals surface area contributed by atoms with Crippen LogP contribution < -0.4 is 10.5 Å². The summed E-state index contributed by atoms with van der Waals surface area (Å²) < 4.78 is 5.69. The van der Waals surface area contributed by atoms with Crippen molar-refractivity contribution in [2.24, 2.45) is 0 Å². The summed E-state index contributed by atoms with van der Waals surface area (Å²) >= 11 is 0. The van der Waals surface area contributed by atoms with Gasteiger partial charge in [0.2, 0.25) is 0 Å². The number of benzene rings is 1. The molecule has 0 saturated heterocycles. The van der Waals surface area contributed by atoms with Gasteiger partial charge in [-0.1, -0.05) is 0 Å². The number of fused-ring (bicyclic) bond motifs is 1. The third kappa shape index (κ3) is 1.68. The summed E-state index contributed by atoms with van der Waals surface area (Å²) in [6, 6.07) is 6.28. The molecule has 3 heteroatoms. The van der Waals surface area contributed by atoms with Crippen molar-refractivity contribution in [3.05, 3.63) is 23.8 Å². The first-order chi connectivity index (χ1) is 6.66. The summed E-state index contributed by atoms with van der Waals surface area (Å²) in [6.45, 7) is 3.81. The van der Waals surface area contributed by atoms with E-state index in [1.54, 1.807) is 0 Å². The first-order valence-corrected chi connectivity index (χ1v) is 4.88. The first kappa shape index (κ1) is 9.34. The van der Waals surface area contributed by atoms with E-state index >= 15 is 0 Å². The largest absolute Gasteiger partial charge is 0.492 e. The van der Waals surface area contributed by atoms with Gasteiger partial charge in [-0.2, -0.15) is 0 Å². The maximum atomic E-state index is 5.74. The molecule has 1 aromatic carbocycles. The third-order valence-corrected chi connectivity index (χ3v) is 2.74. The molecule has 1 aromatic rings. The van der Waals surface area contributed by atoms with E-state index in [9.17, 15) is 0 Å². The number of rotatable bonds is 0. The molecule has 2 N–H and O–H groups in total. The van der Waals surface area contributed by atoms with E-state index in [0.29, 0.717) is 6.04 Å². The van der Waals surface area contributed by atoms with Crippen LogP contribution in [0.4, 0.5) is 5.69 Å². The Bertz CT molecular complexity index is 338. The fourth-order valence-electron chi connectivity index (χ4n) is 1.63. The molecule has 14 heavy (non-hydrogen) atoms. The monoisotopic (exact) mass is 192 g/mol. The molecule has 1 atom stereocenters. The van der Waals surface area contributed by atoms with Crippen LogP contribution in [0.3, 0.4) is 0 Å². The Hall–Kier alpha value is -1.22. The molecule has 0 bridgehead atoms. The molecule has 76 valence electrons. The summed E-state index contributed by atoms with van der Waals surface area (Å²) in [5, 5.41) is 0. The second-order valence-electron chi connectivity index (χ2n) is 3.94. The van der Waals surface area contributed by atoms with Gasteiger partial charge in [0, 0.05) is 23.8 Å². The second kappa shape index (κ2) is 3.50. The van der Waals surface area contributed by atoms with Gasteiger partial charge in [0.05, 0.1) is 0 Å². The Morgan fingerprint density at radius 3 is 3.07 bits per heavy atom. The smallest absolute Gasteiger partial charge is 0.124 e. The van der Waals surface area contributed by atoms with Crippen LogP contribution in [0.1, 0.15) is 12.5 Å². The van der Waals surface area contributed by atoms with Gasteiger partial charge in [-0.3, -0.25) is 4.90 Å². The van der Waals surface area contributed by atoms with Crippen molar-refractivity contribution in [2.45, 2.75) is 19.5 Å². The molecule has 1 aliphatic heterocycles. The lowest BCUT2D eigenvalue weighted by Crippen LogP contribution is -2.31. The van der Waals surface area contributed by atoms with Crippen LogP contribution in [0.2, 0.25) is 0 Å². The van der Waals surface area contributed by atoms with E-state index in [4.69, 9.17) is 10.5 Å². The fraction of sp³-hybridized carbons (Fsp3) is 0.455. The molecule has 1 heterocycles. The first-order valence-electron chi connectivity index (χ1n) is 4.88. The Labute approximate surface area is 84.5 Å². The lowest BCUT2D eigenvalue weighted by molar-refractivity contribution is 0.189. The predicted octanol–water partition coefficient (Wildman–Crippen LogP) is 1.48. The normalized spacial score (nSPS) is 22.3. The van der Waals surface area contributed by atoms with Crippen molar-refractivity contribution in [1.29, 1.82) is 0 Å². The average Bonchev–Trinajstić information content (AvgIpc) is 2.27. The number of nitrogen functional groups attached to an aromatic ring is 1. The molecule has 1 unspecified atom stereocenters. The SMILES string of the molecule is CC1COc2ccc(N)cc2CN1C. The van der Waals surface area contributed by atoms with E-state index < -0.39 is 0 Å². The zero-order chi connectivity index (χ0) is 10.1. The van der Waals surface area contributed by atoms with Crippen LogP contribution in [0.5, 0.6) is 5.75 Å². The summed E-state index contributed by atoms with van der Waals surface area (Å²) in [6.07, 6.45) is 0. The summed E-state index contributed by atoms with van der Waals surface area (Å²) in [4.78, 5) is 2.27. The molecule has 0 amide bonds. The Morgan fingerprint density at radius 1 is 1.50 bits per heavy atom. The van der Waals surface area contributed by atoms with Crippen LogP contribution >= 0.6 is 0 Å². The molecule has 0 fully saturated rings. The van der Waals surface area contributed by atoms with Crippen LogP contribution in [0.15, 0.2) is 18.2 Å². The number of anilines is 1. The van der Waals surface area contributed by atoms with Crippen LogP contribution in [0.25, 0.3) is 0 Å². The summed E-state index contributed by atoms with van der Waals surface area (Å²) in [7, 11) is 2.10. The van der Waals surface area contributed by atoms with Gasteiger partial charge in [0.1, 0.15) is 12.4 Å². The van der Waals surface area contributed by atoms with Gasteiger partial charge in [-0.05, 0) is 32.2 Å². The Morgan fingerprint density at radius 2 is 2.29 bits per heavy atom. The van der Waals surface area contributed by atoms with E-state index in [1.807, 2.05) is 18.2 Å². The van der Waals surface area contributed by atoms with E-state index in [0.717, 1.165) is 24.6 Å². The van der Waals surface area contributed by atoms with E-state index in [2.05, 4.69) is 18.9 Å². The molecule has 0 spiro atoms. The standard InChI is InChI=1S/C11H16N2O/c1-8-7-14-11-4-3-10(12)5-9(11)6-13(8)2/h3-5,8H,6-7,12H2,1-2H3. The molecule has 0 aromatic heterocycles. The summed E-state index contributed by atoms with van der Waals surface area (Å²) in [5.41, 5.74) is 7.72. The van der Waals surface area contributed by atoms with Crippen molar-refractivity contribution < 1.29 is 4.74 Å². The number of nitrogens with two attached hydrogens (primary N) is 1. The maximum absolute atomic E-state index is 5.74. The molecule has 3 nitrogen and oxygen atoms in total. The van der Waals surface area contributed by atoms with Crippen molar-refractivity contribution in [3.63, 3.8) is 0 Å². The lowest BCUT2D eigenvalue weighted by Gasteiger charge is -2.19. The molecule has 2 rings (SSSR count). The van der Waals surface area contributed by atoms with Crippen LogP contribution in [-0.4, -0.2) is 24.6 Å². The lowest BCUT2D eigenvalue weighted by atomic mass is 10.1. The number of ether oxygens (including phenoxy) is 1. The number of hydrogen-bond acceptors (Lipinski definition) is 3. The minimum atomic E-state index is 0.448. The Kier molecular flexibility index (Phi) is 2.33. The summed E-state index contributed by atoms with van der Waals surface area (Å²) in [5.74, 6) is 0.968. The maximum Gasteiger partial charge on any atom is 0.124 e. The molecule has 1 aliphatic rings. The van der Waals surface area contributed by atoms with Crippen molar-refractivity contribution in [2.75, 3.05) is 19.4 Å². The number of nitrogens with zero attached hydrogens (tertiary/aromatic N) is 1. The number of likely N-dealkylation sites (N-methyl/N-ethyl adjacent to an activating group) is 1. The highest BCUT2D eigenvalue weighted by atomic mass is 16.5. The van der Waals surface area contributed by atoms with Gasteiger partial charge >= 0.3 is 0 Å². The van der Waals surface area contributed by atoms with E-state index in [-0.39, 0.29) is 0 Å². The predicted molar refractivity (Wildman–Crippen MR) is 57.3 cm³/mol. The molecule has 0 aliphatic carbocycles. The van der Waals surface area contributed by atoms with Crippen LogP contribution in [-0.2, 0) is 6.54 Å². The van der Waals surface area contributed by atoms with Gasteiger partial charge in [0.15, 0.2) is 0 Å². The highest BCUT2D eigenvalue weighted by Crippen LogP contribution is 2.26. The fourth-order valence-corrected chi connectivity index (χ4v) is 1.63. The van der Waals surface area contributed by atoms with Gasteiger partial charge in [0.25, 0.3) is 0 Å². The highest BCUT2D eigenvalue weighted by Gasteiger charge is 2.17. The minimum Gasteiger partial charge on any atom is -0.492 e. The number of hydrogen-bond donors (Lipinski definition) is 1. The average molecular weight is 192 g/mol. The molecular formula is C11H16N2O. The van der Waals surface area contributed by atoms with Gasteiger partial charge in [-0.15, -0.1) is 0 Å². The second-order valence-corrected chi connectivity index (χ2v) is 3.94. The zero-order valence-electron chi connectivity index (χ0n) is 8.66. The topological polar surface area (TPSA) is 38.5 Å². The minimum absolute atomic E-state index is 0.448. The quantitative estimate of drug-likeness (QED) is 0.633. The molecular weight excluding hydrogens is 176 g/mol. The highest BCUT2D eigenvalue weighted by molar-refractivity contribution is 5.48. The third-order valence-electron chi connectivity index (χ3n) is 2.74. The van der Waals surface area contributed by atoms with Crippen molar-refractivity contribution in [3.8, 4) is 5.75 Å².